The zero-order valence-electron chi connectivity index (χ0n) is 22.1. The average molecular weight is 483 g/mol. The van der Waals surface area contributed by atoms with Gasteiger partial charge in [0, 0.05) is 13.0 Å². The number of rotatable bonds is 20. The first-order valence-corrected chi connectivity index (χ1v) is 13.3. The summed E-state index contributed by atoms with van der Waals surface area (Å²) in [5.41, 5.74) is -0.547. The molecule has 7 heteroatoms. The van der Waals surface area contributed by atoms with E-state index in [1.54, 1.807) is 20.8 Å². The summed E-state index contributed by atoms with van der Waals surface area (Å²) in [5.74, 6) is -1.22. The quantitative estimate of drug-likeness (QED) is 0.136. The summed E-state index contributed by atoms with van der Waals surface area (Å²) in [4.78, 5) is 35.2. The largest absolute Gasteiger partial charge is 0.480 e. The van der Waals surface area contributed by atoms with Gasteiger partial charge in [0.05, 0.1) is 0 Å². The minimum absolute atomic E-state index is 0.198. The molecular weight excluding hydrogens is 432 g/mol. The third kappa shape index (κ3) is 21.8. The Balaban J connectivity index is 3.74. The molecule has 198 valence electrons. The van der Waals surface area contributed by atoms with Crippen LogP contribution in [0.25, 0.3) is 0 Å². The van der Waals surface area contributed by atoms with Crippen LogP contribution in [0.5, 0.6) is 0 Å². The fourth-order valence-electron chi connectivity index (χ4n) is 3.57. The molecule has 0 aromatic carbocycles. The minimum atomic E-state index is -1.02. The highest BCUT2D eigenvalue weighted by Gasteiger charge is 2.19. The standard InChI is InChI=1S/C27H50N2O5/c1-5-6-7-8-9-10-11-12-13-14-15-16-17-21-24(30)29-23(25(31)32)20-18-19-22-28-26(33)34-27(2,3)4/h6-7,23H,5,8-22H2,1-4H3,(H,28,33)(H,29,30)(H,31,32)/b7-6-/t23-/m1/s1. The van der Waals surface area contributed by atoms with Crippen LogP contribution >= 0.6 is 0 Å². The Labute approximate surface area is 207 Å². The van der Waals surface area contributed by atoms with Crippen molar-refractivity contribution in [3.63, 3.8) is 0 Å². The Bertz CT molecular complexity index is 584. The zero-order valence-corrected chi connectivity index (χ0v) is 22.1. The summed E-state index contributed by atoms with van der Waals surface area (Å²) < 4.78 is 5.15. The predicted molar refractivity (Wildman–Crippen MR) is 138 cm³/mol. The molecule has 2 amide bonds. The molecule has 0 aromatic heterocycles. The maximum absolute atomic E-state index is 12.1. The van der Waals surface area contributed by atoms with E-state index in [0.29, 0.717) is 32.2 Å². The zero-order chi connectivity index (χ0) is 25.7. The number of hydrogen-bond acceptors (Lipinski definition) is 4. The Morgan fingerprint density at radius 1 is 0.853 bits per heavy atom. The van der Waals surface area contributed by atoms with Crippen LogP contribution in [0.4, 0.5) is 4.79 Å². The van der Waals surface area contributed by atoms with Gasteiger partial charge in [-0.3, -0.25) is 4.79 Å². The number of amides is 2. The van der Waals surface area contributed by atoms with Crippen molar-refractivity contribution < 1.29 is 24.2 Å². The fraction of sp³-hybridized carbons (Fsp3) is 0.815. The second-order valence-electron chi connectivity index (χ2n) is 9.98. The third-order valence-corrected chi connectivity index (χ3v) is 5.40. The number of carbonyl (C=O) groups is 3. The van der Waals surface area contributed by atoms with Gasteiger partial charge in [-0.15, -0.1) is 0 Å². The number of hydrogen-bond donors (Lipinski definition) is 3. The van der Waals surface area contributed by atoms with Gasteiger partial charge in [0.15, 0.2) is 0 Å². The van der Waals surface area contributed by atoms with Crippen LogP contribution in [-0.2, 0) is 14.3 Å². The van der Waals surface area contributed by atoms with Crippen LogP contribution in [0.15, 0.2) is 12.2 Å². The highest BCUT2D eigenvalue weighted by atomic mass is 16.6. The summed E-state index contributed by atoms with van der Waals surface area (Å²) in [7, 11) is 0. The fourth-order valence-corrected chi connectivity index (χ4v) is 3.57. The lowest BCUT2D eigenvalue weighted by atomic mass is 10.1. The number of ether oxygens (including phenoxy) is 1. The van der Waals surface area contributed by atoms with E-state index in [2.05, 4.69) is 29.7 Å². The lowest BCUT2D eigenvalue weighted by Crippen LogP contribution is -2.40. The lowest BCUT2D eigenvalue weighted by molar-refractivity contribution is -0.142. The highest BCUT2D eigenvalue weighted by molar-refractivity contribution is 5.83. The molecule has 0 aliphatic carbocycles. The monoisotopic (exact) mass is 482 g/mol. The summed E-state index contributed by atoms with van der Waals surface area (Å²) in [6, 6.07) is -0.883. The second-order valence-corrected chi connectivity index (χ2v) is 9.98. The van der Waals surface area contributed by atoms with Gasteiger partial charge in [-0.25, -0.2) is 9.59 Å². The predicted octanol–water partition coefficient (Wildman–Crippen LogP) is 6.51. The van der Waals surface area contributed by atoms with Crippen molar-refractivity contribution in [2.24, 2.45) is 0 Å². The molecule has 34 heavy (non-hydrogen) atoms. The van der Waals surface area contributed by atoms with Crippen LogP contribution in [0.3, 0.4) is 0 Å². The van der Waals surface area contributed by atoms with Crippen LogP contribution in [0, 0.1) is 0 Å². The summed E-state index contributed by atoms with van der Waals surface area (Å²) in [6.45, 7) is 7.95. The normalized spacial score (nSPS) is 12.5. The van der Waals surface area contributed by atoms with E-state index in [0.717, 1.165) is 25.7 Å². The molecular formula is C27H50N2O5. The number of aliphatic carboxylic acids is 1. The van der Waals surface area contributed by atoms with Gasteiger partial charge in [0.1, 0.15) is 11.6 Å². The van der Waals surface area contributed by atoms with Crippen molar-refractivity contribution in [2.45, 2.75) is 136 Å². The summed E-state index contributed by atoms with van der Waals surface area (Å²) in [6.07, 6.45) is 18.8. The van der Waals surface area contributed by atoms with Crippen LogP contribution in [0.1, 0.15) is 124 Å². The van der Waals surface area contributed by atoms with E-state index in [-0.39, 0.29) is 5.91 Å². The summed E-state index contributed by atoms with van der Waals surface area (Å²) in [5, 5.41) is 14.7. The van der Waals surface area contributed by atoms with Crippen molar-refractivity contribution in [2.75, 3.05) is 6.54 Å². The number of allylic oxidation sites excluding steroid dienone is 2. The van der Waals surface area contributed by atoms with Crippen molar-refractivity contribution >= 4 is 18.0 Å². The molecule has 0 bridgehead atoms. The number of carboxylic acids is 1. The maximum atomic E-state index is 12.1. The SMILES string of the molecule is CC/C=C\CCCCCCCCCCCC(=O)N[C@H](CCCCNC(=O)OC(C)(C)C)C(=O)O. The van der Waals surface area contributed by atoms with Gasteiger partial charge >= 0.3 is 12.1 Å². The van der Waals surface area contributed by atoms with E-state index < -0.39 is 23.7 Å². The lowest BCUT2D eigenvalue weighted by Gasteiger charge is -2.19. The molecule has 0 spiro atoms. The first kappa shape index (κ1) is 31.9. The molecule has 0 heterocycles. The number of alkyl carbamates (subject to hydrolysis) is 1. The molecule has 0 aliphatic heterocycles. The minimum Gasteiger partial charge on any atom is -0.480 e. The molecule has 0 aliphatic rings. The maximum Gasteiger partial charge on any atom is 0.407 e. The van der Waals surface area contributed by atoms with Crippen molar-refractivity contribution in [3.05, 3.63) is 12.2 Å². The second kappa shape index (κ2) is 20.3. The van der Waals surface area contributed by atoms with E-state index >= 15 is 0 Å². The third-order valence-electron chi connectivity index (χ3n) is 5.40. The van der Waals surface area contributed by atoms with Crippen LogP contribution < -0.4 is 10.6 Å². The average Bonchev–Trinajstić information content (AvgIpc) is 2.74. The van der Waals surface area contributed by atoms with Crippen LogP contribution in [-0.4, -0.2) is 41.3 Å². The van der Waals surface area contributed by atoms with Gasteiger partial charge in [0.2, 0.25) is 5.91 Å². The first-order chi connectivity index (χ1) is 16.2. The molecule has 7 nitrogen and oxygen atoms in total. The Kier molecular flexibility index (Phi) is 19.1. The van der Waals surface area contributed by atoms with E-state index in [9.17, 15) is 19.5 Å². The van der Waals surface area contributed by atoms with Gasteiger partial charge < -0.3 is 20.5 Å². The van der Waals surface area contributed by atoms with E-state index in [1.165, 1.54) is 44.9 Å². The van der Waals surface area contributed by atoms with E-state index in [4.69, 9.17) is 4.74 Å². The molecule has 0 saturated carbocycles. The molecule has 1 atom stereocenters. The van der Waals surface area contributed by atoms with Crippen molar-refractivity contribution in [3.8, 4) is 0 Å². The Morgan fingerprint density at radius 3 is 2.00 bits per heavy atom. The first-order valence-electron chi connectivity index (χ1n) is 13.3. The van der Waals surface area contributed by atoms with Gasteiger partial charge in [-0.05, 0) is 65.7 Å². The van der Waals surface area contributed by atoms with Crippen molar-refractivity contribution in [1.82, 2.24) is 10.6 Å². The number of nitrogens with one attached hydrogen (secondary N) is 2. The summed E-state index contributed by atoms with van der Waals surface area (Å²) >= 11 is 0. The topological polar surface area (TPSA) is 105 Å². The number of carbonyl (C=O) groups excluding carboxylic acids is 2. The molecule has 0 saturated heterocycles. The molecule has 3 N–H and O–H groups in total. The van der Waals surface area contributed by atoms with Gasteiger partial charge in [0.25, 0.3) is 0 Å². The highest BCUT2D eigenvalue weighted by Crippen LogP contribution is 2.12. The number of carboxylic acid groups (broad SMARTS) is 1. The van der Waals surface area contributed by atoms with Gasteiger partial charge in [-0.2, -0.15) is 0 Å². The smallest absolute Gasteiger partial charge is 0.407 e. The molecule has 0 unspecified atom stereocenters. The molecule has 0 aromatic rings. The number of unbranched alkanes of at least 4 members (excludes halogenated alkanes) is 10. The molecule has 0 fully saturated rings. The molecule has 0 radical (unpaired) electrons. The Hall–Kier alpha value is -2.05. The van der Waals surface area contributed by atoms with Crippen LogP contribution in [0.2, 0.25) is 0 Å². The Morgan fingerprint density at radius 2 is 1.44 bits per heavy atom. The van der Waals surface area contributed by atoms with Crippen molar-refractivity contribution in [1.29, 1.82) is 0 Å². The van der Waals surface area contributed by atoms with E-state index in [1.807, 2.05) is 0 Å². The van der Waals surface area contributed by atoms with Gasteiger partial charge in [-0.1, -0.05) is 64.0 Å². The molecule has 0 rings (SSSR count).